The molecule has 51 valence electrons. The molecule has 0 aliphatic carbocycles. The summed E-state index contributed by atoms with van der Waals surface area (Å²) in [5.74, 6) is 0.744. The van der Waals surface area contributed by atoms with E-state index >= 15 is 0 Å². The quantitative estimate of drug-likeness (QED) is 0.495. The summed E-state index contributed by atoms with van der Waals surface area (Å²) in [7, 11) is 0. The van der Waals surface area contributed by atoms with E-state index in [9.17, 15) is 4.48 Å². The highest BCUT2D eigenvalue weighted by Gasteiger charge is 2.07. The largest absolute Gasteiger partial charge is 0.310 e. The van der Waals surface area contributed by atoms with Gasteiger partial charge in [-0.15, -0.1) is 0 Å². The summed E-state index contributed by atoms with van der Waals surface area (Å²) in [5.41, 5.74) is 0. The maximum atomic E-state index is 12.4. The van der Waals surface area contributed by atoms with Crippen LogP contribution in [-0.4, -0.2) is 14.7 Å². The van der Waals surface area contributed by atoms with Crippen LogP contribution in [0.3, 0.4) is 0 Å². The van der Waals surface area contributed by atoms with Crippen molar-refractivity contribution in [3.63, 3.8) is 0 Å². The number of halogens is 1. The van der Waals surface area contributed by atoms with E-state index in [4.69, 9.17) is 0 Å². The molecule has 0 aromatic carbocycles. The zero-order valence-electron chi connectivity index (χ0n) is 5.16. The highest BCUT2D eigenvalue weighted by molar-refractivity contribution is 5.40. The molecule has 1 radical (unpaired) electrons. The van der Waals surface area contributed by atoms with Gasteiger partial charge in [0.05, 0.1) is 0 Å². The molecule has 1 aromatic rings. The molecular formula is C6H5FN3. The Morgan fingerprint density at radius 3 is 3.50 bits per heavy atom. The first kappa shape index (κ1) is 5.46. The topological polar surface area (TPSA) is 21.1 Å². The van der Waals surface area contributed by atoms with Crippen molar-refractivity contribution in [2.24, 2.45) is 0 Å². The van der Waals surface area contributed by atoms with Crippen molar-refractivity contribution in [1.82, 2.24) is 14.7 Å². The molecule has 0 atom stereocenters. The zero-order valence-corrected chi connectivity index (χ0v) is 5.16. The van der Waals surface area contributed by atoms with Crippen LogP contribution in [0.15, 0.2) is 12.4 Å². The van der Waals surface area contributed by atoms with E-state index in [-0.39, 0.29) is 6.67 Å². The van der Waals surface area contributed by atoms with E-state index in [1.54, 1.807) is 16.8 Å². The molecule has 2 heterocycles. The van der Waals surface area contributed by atoms with E-state index in [2.05, 4.69) is 11.2 Å². The molecule has 10 heavy (non-hydrogen) atoms. The van der Waals surface area contributed by atoms with E-state index < -0.39 is 0 Å². The molecule has 1 aliphatic heterocycles. The Morgan fingerprint density at radius 1 is 1.70 bits per heavy atom. The van der Waals surface area contributed by atoms with E-state index in [0.717, 1.165) is 5.82 Å². The lowest BCUT2D eigenvalue weighted by atomic mass is 10.5. The van der Waals surface area contributed by atoms with E-state index in [1.807, 2.05) is 0 Å². The van der Waals surface area contributed by atoms with Crippen molar-refractivity contribution in [2.45, 2.75) is 6.67 Å². The van der Waals surface area contributed by atoms with Crippen molar-refractivity contribution in [3.8, 4) is 0 Å². The molecule has 0 unspecified atom stereocenters. The Balaban J connectivity index is 2.43. The molecule has 0 saturated carbocycles. The number of imidazole rings is 1. The van der Waals surface area contributed by atoms with Gasteiger partial charge in [-0.1, -0.05) is 4.48 Å². The summed E-state index contributed by atoms with van der Waals surface area (Å²) in [5, 5.41) is 0.586. The third kappa shape index (κ3) is 0.689. The Bertz CT molecular complexity index is 266. The molecule has 4 heteroatoms. The zero-order chi connectivity index (χ0) is 6.97. The second-order valence-corrected chi connectivity index (χ2v) is 2.05. The fraction of sp³-hybridized carbons (Fsp3) is 0.167. The van der Waals surface area contributed by atoms with Crippen LogP contribution in [0.5, 0.6) is 0 Å². The Labute approximate surface area is 57.3 Å². The van der Waals surface area contributed by atoms with Gasteiger partial charge in [-0.25, -0.2) is 4.98 Å². The molecule has 0 spiro atoms. The highest BCUT2D eigenvalue weighted by atomic mass is 19.2. The third-order valence-electron chi connectivity index (χ3n) is 1.36. The van der Waals surface area contributed by atoms with Crippen molar-refractivity contribution >= 4 is 6.08 Å². The van der Waals surface area contributed by atoms with Gasteiger partial charge in [-0.2, -0.15) is 5.12 Å². The van der Waals surface area contributed by atoms with Gasteiger partial charge in [0, 0.05) is 12.4 Å². The smallest absolute Gasteiger partial charge is 0.136 e. The maximum Gasteiger partial charge on any atom is 0.136 e. The van der Waals surface area contributed by atoms with E-state index in [0.29, 0.717) is 5.12 Å². The lowest BCUT2D eigenvalue weighted by Crippen LogP contribution is -2.16. The fourth-order valence-electron chi connectivity index (χ4n) is 0.882. The summed E-state index contributed by atoms with van der Waals surface area (Å²) in [6, 6.07) is 0. The number of hydrogen-bond acceptors (Lipinski definition) is 2. The van der Waals surface area contributed by atoms with Gasteiger partial charge in [-0.3, -0.25) is 0 Å². The van der Waals surface area contributed by atoms with Gasteiger partial charge in [0.15, 0.2) is 0 Å². The molecule has 0 saturated heterocycles. The summed E-state index contributed by atoms with van der Waals surface area (Å²) in [4.78, 5) is 3.85. The monoisotopic (exact) mass is 138 g/mol. The van der Waals surface area contributed by atoms with Crippen LogP contribution in [0.1, 0.15) is 5.82 Å². The third-order valence-corrected chi connectivity index (χ3v) is 1.36. The second kappa shape index (κ2) is 1.83. The standard InChI is InChI=1S/C6H5FN3/c7-10-3-1-6-8-2-4-9(6)5-10/h1,3-4H,5H2. The normalized spacial score (nSPS) is 15.5. The van der Waals surface area contributed by atoms with Crippen molar-refractivity contribution in [2.75, 3.05) is 0 Å². The molecule has 0 amide bonds. The lowest BCUT2D eigenvalue weighted by molar-refractivity contribution is 0.0493. The van der Waals surface area contributed by atoms with Crippen molar-refractivity contribution in [1.29, 1.82) is 0 Å². The minimum Gasteiger partial charge on any atom is -0.310 e. The molecule has 0 N–H and O–H groups in total. The average molecular weight is 138 g/mol. The minimum atomic E-state index is 0.211. The number of nitrogens with zero attached hydrogens (tertiary/aromatic N) is 3. The van der Waals surface area contributed by atoms with Gasteiger partial charge < -0.3 is 4.57 Å². The van der Waals surface area contributed by atoms with Crippen molar-refractivity contribution in [3.05, 3.63) is 24.4 Å². The predicted octanol–water partition coefficient (Wildman–Crippen LogP) is 0.812. The molecule has 2 rings (SSSR count). The van der Waals surface area contributed by atoms with Crippen LogP contribution >= 0.6 is 0 Å². The number of hydrogen-bond donors (Lipinski definition) is 0. The Hall–Kier alpha value is -1.32. The number of fused-ring (bicyclic) bond motifs is 1. The molecular weight excluding hydrogens is 133 g/mol. The molecule has 1 aromatic heterocycles. The molecule has 3 nitrogen and oxygen atoms in total. The van der Waals surface area contributed by atoms with Crippen molar-refractivity contribution < 1.29 is 4.48 Å². The first-order chi connectivity index (χ1) is 4.86. The Kier molecular flexibility index (Phi) is 1.00. The highest BCUT2D eigenvalue weighted by Crippen LogP contribution is 2.09. The molecule has 0 bridgehead atoms. The van der Waals surface area contributed by atoms with Crippen LogP contribution in [0.25, 0.3) is 6.08 Å². The van der Waals surface area contributed by atoms with Crippen LogP contribution in [-0.2, 0) is 6.67 Å². The molecule has 0 fully saturated rings. The van der Waals surface area contributed by atoms with Crippen LogP contribution in [0.2, 0.25) is 0 Å². The maximum absolute atomic E-state index is 12.4. The van der Waals surface area contributed by atoms with E-state index in [1.165, 1.54) is 6.20 Å². The first-order valence-electron chi connectivity index (χ1n) is 2.90. The summed E-state index contributed by atoms with van der Waals surface area (Å²) in [6.45, 7) is 0.211. The summed E-state index contributed by atoms with van der Waals surface area (Å²) >= 11 is 0. The summed E-state index contributed by atoms with van der Waals surface area (Å²) in [6.07, 6.45) is 7.19. The number of aromatic nitrogens is 2. The van der Waals surface area contributed by atoms with Gasteiger partial charge >= 0.3 is 0 Å². The summed E-state index contributed by atoms with van der Waals surface area (Å²) < 4.78 is 14.1. The average Bonchev–Trinajstić information content (AvgIpc) is 2.33. The SMILES string of the molecule is FN1C=Cc2n[c]cn2C1. The lowest BCUT2D eigenvalue weighted by Gasteiger charge is -2.14. The van der Waals surface area contributed by atoms with Gasteiger partial charge in [0.1, 0.15) is 18.7 Å². The van der Waals surface area contributed by atoms with Gasteiger partial charge in [-0.05, 0) is 6.08 Å². The number of rotatable bonds is 0. The Morgan fingerprint density at radius 2 is 2.60 bits per heavy atom. The fourth-order valence-corrected chi connectivity index (χ4v) is 0.882. The van der Waals surface area contributed by atoms with Crippen LogP contribution in [0, 0.1) is 6.20 Å². The first-order valence-corrected chi connectivity index (χ1v) is 2.90. The van der Waals surface area contributed by atoms with Crippen LogP contribution < -0.4 is 0 Å². The molecule has 1 aliphatic rings. The minimum absolute atomic E-state index is 0.211. The van der Waals surface area contributed by atoms with Gasteiger partial charge in [0.2, 0.25) is 0 Å². The second-order valence-electron chi connectivity index (χ2n) is 2.05. The van der Waals surface area contributed by atoms with Gasteiger partial charge in [0.25, 0.3) is 0 Å². The predicted molar refractivity (Wildman–Crippen MR) is 33.0 cm³/mol. The van der Waals surface area contributed by atoms with Crippen LogP contribution in [0.4, 0.5) is 4.48 Å².